The number of ether oxygens (including phenoxy) is 1. The van der Waals surface area contributed by atoms with Crippen LogP contribution in [0, 0.1) is 0 Å². The van der Waals surface area contributed by atoms with E-state index >= 15 is 0 Å². The van der Waals surface area contributed by atoms with E-state index in [0.29, 0.717) is 15.8 Å². The van der Waals surface area contributed by atoms with Gasteiger partial charge in [-0.05, 0) is 34.1 Å². The predicted molar refractivity (Wildman–Crippen MR) is 74.6 cm³/mol. The smallest absolute Gasteiger partial charge is 0.240 e. The van der Waals surface area contributed by atoms with Crippen molar-refractivity contribution in [2.45, 2.75) is 0 Å². The van der Waals surface area contributed by atoms with Crippen LogP contribution in [0.5, 0.6) is 5.75 Å². The van der Waals surface area contributed by atoms with E-state index in [2.05, 4.69) is 21.2 Å². The molecule has 0 aliphatic carbocycles. The Balaban J connectivity index is 2.06. The monoisotopic (exact) mass is 340 g/mol. The number of methoxy groups -OCH3 is 1. The standard InChI is InChI=1S/C13H13BrN2O4/c1-20-11-3-2-8(4-9(11)14)10(17)5-16-6-12(18)15-13(19)7-16/h2-4H,5-7H2,1H3,(H,15,18,19). The minimum atomic E-state index is -0.384. The molecule has 2 rings (SSSR count). The first-order valence-corrected chi connectivity index (χ1v) is 6.70. The van der Waals surface area contributed by atoms with E-state index in [4.69, 9.17) is 4.74 Å². The average Bonchev–Trinajstić information content (AvgIpc) is 2.37. The van der Waals surface area contributed by atoms with E-state index < -0.39 is 0 Å². The summed E-state index contributed by atoms with van der Waals surface area (Å²) in [5.41, 5.74) is 0.496. The highest BCUT2D eigenvalue weighted by molar-refractivity contribution is 9.10. The number of Topliss-reactive ketones (excluding diaryl/α,β-unsaturated/α-hetero) is 1. The number of rotatable bonds is 4. The van der Waals surface area contributed by atoms with E-state index in [-0.39, 0.29) is 37.2 Å². The van der Waals surface area contributed by atoms with E-state index in [1.54, 1.807) is 25.3 Å². The highest BCUT2D eigenvalue weighted by Gasteiger charge is 2.24. The molecule has 20 heavy (non-hydrogen) atoms. The molecule has 7 heteroatoms. The number of amides is 2. The number of halogens is 1. The summed E-state index contributed by atoms with van der Waals surface area (Å²) in [6.07, 6.45) is 0. The number of ketones is 1. The van der Waals surface area contributed by atoms with Crippen LogP contribution < -0.4 is 10.1 Å². The first kappa shape index (κ1) is 14.7. The maximum Gasteiger partial charge on any atom is 0.240 e. The quantitative estimate of drug-likeness (QED) is 0.641. The number of carbonyl (C=O) groups excluding carboxylic acids is 3. The zero-order valence-corrected chi connectivity index (χ0v) is 12.4. The lowest BCUT2D eigenvalue weighted by atomic mass is 10.1. The lowest BCUT2D eigenvalue weighted by Gasteiger charge is -2.24. The summed E-state index contributed by atoms with van der Waals surface area (Å²) >= 11 is 3.31. The number of hydrogen-bond acceptors (Lipinski definition) is 5. The van der Waals surface area contributed by atoms with Gasteiger partial charge in [-0.15, -0.1) is 0 Å². The van der Waals surface area contributed by atoms with Gasteiger partial charge in [-0.25, -0.2) is 0 Å². The molecule has 0 aromatic heterocycles. The van der Waals surface area contributed by atoms with Crippen LogP contribution in [0.15, 0.2) is 22.7 Å². The van der Waals surface area contributed by atoms with Crippen molar-refractivity contribution in [1.82, 2.24) is 10.2 Å². The Kier molecular flexibility index (Phi) is 4.51. The highest BCUT2D eigenvalue weighted by Crippen LogP contribution is 2.25. The van der Waals surface area contributed by atoms with Gasteiger partial charge in [0.15, 0.2) is 5.78 Å². The Morgan fingerprint density at radius 2 is 2.00 bits per heavy atom. The Morgan fingerprint density at radius 1 is 1.35 bits per heavy atom. The van der Waals surface area contributed by atoms with Crippen LogP contribution in [-0.4, -0.2) is 49.2 Å². The molecular weight excluding hydrogens is 328 g/mol. The van der Waals surface area contributed by atoms with E-state index in [1.165, 1.54) is 4.90 Å². The molecule has 0 bridgehead atoms. The van der Waals surface area contributed by atoms with Gasteiger partial charge in [0.2, 0.25) is 11.8 Å². The van der Waals surface area contributed by atoms with Crippen molar-refractivity contribution in [3.63, 3.8) is 0 Å². The fourth-order valence-electron chi connectivity index (χ4n) is 1.94. The van der Waals surface area contributed by atoms with Crippen molar-refractivity contribution in [3.05, 3.63) is 28.2 Å². The SMILES string of the molecule is COc1ccc(C(=O)CN2CC(=O)NC(=O)C2)cc1Br. The Hall–Kier alpha value is -1.73. The third-order valence-corrected chi connectivity index (χ3v) is 3.47. The van der Waals surface area contributed by atoms with Gasteiger partial charge in [0.1, 0.15) is 5.75 Å². The van der Waals surface area contributed by atoms with E-state index in [0.717, 1.165) is 0 Å². The number of imide groups is 1. The topological polar surface area (TPSA) is 75.7 Å². The lowest BCUT2D eigenvalue weighted by Crippen LogP contribution is -2.52. The Bertz CT molecular complexity index is 557. The number of carbonyl (C=O) groups is 3. The summed E-state index contributed by atoms with van der Waals surface area (Å²) in [6, 6.07) is 5.00. The van der Waals surface area contributed by atoms with E-state index in [1.807, 2.05) is 0 Å². The minimum absolute atomic E-state index is 0.0257. The van der Waals surface area contributed by atoms with Crippen molar-refractivity contribution in [2.24, 2.45) is 0 Å². The van der Waals surface area contributed by atoms with Crippen LogP contribution in [-0.2, 0) is 9.59 Å². The summed E-state index contributed by atoms with van der Waals surface area (Å²) in [5, 5.41) is 2.19. The highest BCUT2D eigenvalue weighted by atomic mass is 79.9. The van der Waals surface area contributed by atoms with Crippen molar-refractivity contribution < 1.29 is 19.1 Å². The van der Waals surface area contributed by atoms with Crippen LogP contribution in [0.1, 0.15) is 10.4 Å². The molecule has 0 radical (unpaired) electrons. The van der Waals surface area contributed by atoms with Gasteiger partial charge in [0.05, 0.1) is 31.2 Å². The number of benzene rings is 1. The molecule has 1 aliphatic rings. The summed E-state index contributed by atoms with van der Waals surface area (Å²) in [4.78, 5) is 36.1. The van der Waals surface area contributed by atoms with Gasteiger partial charge >= 0.3 is 0 Å². The number of piperazine rings is 1. The molecule has 1 fully saturated rings. The molecule has 1 aromatic rings. The number of hydrogen-bond donors (Lipinski definition) is 1. The molecule has 0 unspecified atom stereocenters. The molecule has 0 atom stereocenters. The molecule has 0 saturated carbocycles. The van der Waals surface area contributed by atoms with Crippen molar-refractivity contribution in [1.29, 1.82) is 0 Å². The van der Waals surface area contributed by atoms with Gasteiger partial charge in [0, 0.05) is 5.56 Å². The normalized spacial score (nSPS) is 15.9. The van der Waals surface area contributed by atoms with Gasteiger partial charge < -0.3 is 4.74 Å². The first-order chi connectivity index (χ1) is 9.49. The van der Waals surface area contributed by atoms with Crippen LogP contribution >= 0.6 is 15.9 Å². The first-order valence-electron chi connectivity index (χ1n) is 5.91. The summed E-state index contributed by atoms with van der Waals surface area (Å²) in [7, 11) is 1.54. The third-order valence-electron chi connectivity index (χ3n) is 2.85. The minimum Gasteiger partial charge on any atom is -0.496 e. The summed E-state index contributed by atoms with van der Waals surface area (Å²) < 4.78 is 5.77. The molecule has 1 saturated heterocycles. The fourth-order valence-corrected chi connectivity index (χ4v) is 2.48. The molecule has 106 valence electrons. The van der Waals surface area contributed by atoms with Crippen LogP contribution in [0.25, 0.3) is 0 Å². The van der Waals surface area contributed by atoms with Gasteiger partial charge in [-0.2, -0.15) is 0 Å². The second kappa shape index (κ2) is 6.15. The van der Waals surface area contributed by atoms with Crippen molar-refractivity contribution in [3.8, 4) is 5.75 Å². The molecule has 1 heterocycles. The van der Waals surface area contributed by atoms with E-state index in [9.17, 15) is 14.4 Å². The molecule has 2 amide bonds. The van der Waals surface area contributed by atoms with Crippen molar-refractivity contribution in [2.75, 3.05) is 26.7 Å². The lowest BCUT2D eigenvalue weighted by molar-refractivity contribution is -0.135. The molecule has 1 N–H and O–H groups in total. The van der Waals surface area contributed by atoms with Crippen LogP contribution in [0.2, 0.25) is 0 Å². The molecule has 1 aliphatic heterocycles. The summed E-state index contributed by atoms with van der Waals surface area (Å²) in [6.45, 7) is 0.127. The third kappa shape index (κ3) is 3.43. The number of nitrogens with zero attached hydrogens (tertiary/aromatic N) is 1. The molecule has 0 spiro atoms. The molecule has 1 aromatic carbocycles. The second-order valence-corrected chi connectivity index (χ2v) is 5.24. The van der Waals surface area contributed by atoms with Gasteiger partial charge in [0.25, 0.3) is 0 Å². The average molecular weight is 341 g/mol. The molecule has 6 nitrogen and oxygen atoms in total. The van der Waals surface area contributed by atoms with Crippen LogP contribution in [0.4, 0.5) is 0 Å². The fraction of sp³-hybridized carbons (Fsp3) is 0.308. The zero-order chi connectivity index (χ0) is 14.7. The Labute approximate surface area is 124 Å². The molecular formula is C13H13BrN2O4. The largest absolute Gasteiger partial charge is 0.496 e. The second-order valence-electron chi connectivity index (χ2n) is 4.39. The Morgan fingerprint density at radius 3 is 2.55 bits per heavy atom. The van der Waals surface area contributed by atoms with Crippen molar-refractivity contribution >= 4 is 33.5 Å². The van der Waals surface area contributed by atoms with Gasteiger partial charge in [-0.3, -0.25) is 24.6 Å². The maximum atomic E-state index is 12.1. The van der Waals surface area contributed by atoms with Crippen LogP contribution in [0.3, 0.4) is 0 Å². The summed E-state index contributed by atoms with van der Waals surface area (Å²) in [5.74, 6) is -0.292. The predicted octanol–water partition coefficient (Wildman–Crippen LogP) is 0.599. The maximum absolute atomic E-state index is 12.1. The number of nitrogens with one attached hydrogen (secondary N) is 1. The van der Waals surface area contributed by atoms with Gasteiger partial charge in [-0.1, -0.05) is 0 Å². The zero-order valence-electron chi connectivity index (χ0n) is 10.8.